The van der Waals surface area contributed by atoms with Crippen molar-refractivity contribution >= 4 is 0 Å². The van der Waals surface area contributed by atoms with Crippen LogP contribution in [0.25, 0.3) is 11.5 Å². The second-order valence-electron chi connectivity index (χ2n) is 4.92. The van der Waals surface area contributed by atoms with Gasteiger partial charge in [0.1, 0.15) is 30.1 Å². The molecular weight excluding hydrogens is 299 g/mol. The lowest BCUT2D eigenvalue weighted by Gasteiger charge is -2.06. The second-order valence-corrected chi connectivity index (χ2v) is 4.92. The van der Waals surface area contributed by atoms with Crippen LogP contribution in [0.3, 0.4) is 0 Å². The highest BCUT2D eigenvalue weighted by atomic mass is 19.1. The van der Waals surface area contributed by atoms with Crippen LogP contribution < -0.4 is 10.2 Å². The molecule has 2 aromatic carbocycles. The van der Waals surface area contributed by atoms with Crippen LogP contribution in [0.5, 0.6) is 5.75 Å². The van der Waals surface area contributed by atoms with Gasteiger partial charge in [0.05, 0.1) is 0 Å². The average Bonchev–Trinajstić information content (AvgIpc) is 3.03. The highest BCUT2D eigenvalue weighted by Gasteiger charge is 2.07. The van der Waals surface area contributed by atoms with E-state index in [4.69, 9.17) is 14.4 Å². The SMILES string of the molecule is ONCc1cccc(OCc2coc(-c3ccc(F)cc3)n2)c1. The maximum Gasteiger partial charge on any atom is 0.226 e. The predicted molar refractivity (Wildman–Crippen MR) is 81.3 cm³/mol. The number of hydroxylamine groups is 1. The molecule has 5 nitrogen and oxygen atoms in total. The van der Waals surface area contributed by atoms with Crippen LogP contribution in [0.15, 0.2) is 59.2 Å². The third kappa shape index (κ3) is 3.94. The van der Waals surface area contributed by atoms with E-state index in [1.807, 2.05) is 24.3 Å². The van der Waals surface area contributed by atoms with E-state index in [0.717, 1.165) is 5.56 Å². The third-order valence-corrected chi connectivity index (χ3v) is 3.21. The third-order valence-electron chi connectivity index (χ3n) is 3.21. The quantitative estimate of drug-likeness (QED) is 0.681. The molecule has 0 saturated heterocycles. The molecule has 118 valence electrons. The van der Waals surface area contributed by atoms with Gasteiger partial charge in [-0.05, 0) is 42.0 Å². The molecule has 0 aliphatic heterocycles. The molecule has 0 unspecified atom stereocenters. The number of ether oxygens (including phenoxy) is 1. The summed E-state index contributed by atoms with van der Waals surface area (Å²) in [7, 11) is 0. The molecule has 3 rings (SSSR count). The molecule has 0 fully saturated rings. The van der Waals surface area contributed by atoms with Crippen LogP contribution in [-0.2, 0) is 13.2 Å². The molecular formula is C17H15FN2O3. The zero-order chi connectivity index (χ0) is 16.1. The van der Waals surface area contributed by atoms with Crippen molar-refractivity contribution in [2.45, 2.75) is 13.2 Å². The Morgan fingerprint density at radius 3 is 2.78 bits per heavy atom. The van der Waals surface area contributed by atoms with Crippen LogP contribution in [0.4, 0.5) is 4.39 Å². The summed E-state index contributed by atoms with van der Waals surface area (Å²) in [4.78, 5) is 4.32. The van der Waals surface area contributed by atoms with E-state index >= 15 is 0 Å². The first kappa shape index (κ1) is 15.2. The Kier molecular flexibility index (Phi) is 4.65. The van der Waals surface area contributed by atoms with Crippen molar-refractivity contribution in [2.75, 3.05) is 0 Å². The number of oxazole rings is 1. The Morgan fingerprint density at radius 2 is 2.00 bits per heavy atom. The number of nitrogens with zero attached hydrogens (tertiary/aromatic N) is 1. The maximum absolute atomic E-state index is 12.9. The van der Waals surface area contributed by atoms with Gasteiger partial charge in [-0.3, -0.25) is 0 Å². The molecule has 1 heterocycles. The molecule has 0 atom stereocenters. The molecule has 3 aromatic rings. The highest BCUT2D eigenvalue weighted by molar-refractivity contribution is 5.52. The van der Waals surface area contributed by atoms with E-state index in [9.17, 15) is 4.39 Å². The molecule has 0 aliphatic rings. The minimum absolute atomic E-state index is 0.251. The van der Waals surface area contributed by atoms with Crippen molar-refractivity contribution in [3.05, 3.63) is 71.9 Å². The van der Waals surface area contributed by atoms with Gasteiger partial charge in [-0.15, -0.1) is 0 Å². The van der Waals surface area contributed by atoms with Gasteiger partial charge in [-0.2, -0.15) is 0 Å². The van der Waals surface area contributed by atoms with E-state index in [0.29, 0.717) is 29.4 Å². The van der Waals surface area contributed by atoms with Gasteiger partial charge in [-0.25, -0.2) is 14.9 Å². The fourth-order valence-corrected chi connectivity index (χ4v) is 2.09. The van der Waals surface area contributed by atoms with Gasteiger partial charge in [0.25, 0.3) is 0 Å². The van der Waals surface area contributed by atoms with Gasteiger partial charge in [-0.1, -0.05) is 12.1 Å². The van der Waals surface area contributed by atoms with E-state index in [1.54, 1.807) is 12.1 Å². The summed E-state index contributed by atoms with van der Waals surface area (Å²) in [6.07, 6.45) is 1.51. The lowest BCUT2D eigenvalue weighted by Crippen LogP contribution is -2.06. The topological polar surface area (TPSA) is 67.5 Å². The van der Waals surface area contributed by atoms with Crippen LogP contribution in [0.2, 0.25) is 0 Å². The Hall–Kier alpha value is -2.70. The largest absolute Gasteiger partial charge is 0.487 e. The maximum atomic E-state index is 12.9. The first-order valence-corrected chi connectivity index (χ1v) is 7.03. The normalized spacial score (nSPS) is 10.7. The molecule has 0 radical (unpaired) electrons. The Labute approximate surface area is 132 Å². The van der Waals surface area contributed by atoms with Gasteiger partial charge in [0.2, 0.25) is 5.89 Å². The molecule has 23 heavy (non-hydrogen) atoms. The number of halogens is 1. The molecule has 0 bridgehead atoms. The van der Waals surface area contributed by atoms with Crippen molar-refractivity contribution in [2.24, 2.45) is 0 Å². The average molecular weight is 314 g/mol. The summed E-state index contributed by atoms with van der Waals surface area (Å²) in [6, 6.07) is 13.3. The summed E-state index contributed by atoms with van der Waals surface area (Å²) in [5.41, 5.74) is 4.34. The standard InChI is InChI=1S/C17H15FN2O3/c18-14-6-4-13(5-7-14)17-20-15(11-23-17)10-22-16-3-1-2-12(8-16)9-19-21/h1-8,11,19,21H,9-10H2. The summed E-state index contributed by atoms with van der Waals surface area (Å²) in [5.74, 6) is 0.784. The van der Waals surface area contributed by atoms with Crippen LogP contribution in [-0.4, -0.2) is 10.2 Å². The smallest absolute Gasteiger partial charge is 0.226 e. The van der Waals surface area contributed by atoms with E-state index in [2.05, 4.69) is 10.5 Å². The minimum Gasteiger partial charge on any atom is -0.487 e. The molecule has 0 spiro atoms. The van der Waals surface area contributed by atoms with Crippen molar-refractivity contribution in [1.29, 1.82) is 0 Å². The lowest BCUT2D eigenvalue weighted by molar-refractivity contribution is 0.161. The van der Waals surface area contributed by atoms with E-state index in [-0.39, 0.29) is 12.4 Å². The second kappa shape index (κ2) is 7.04. The molecule has 6 heteroatoms. The fourth-order valence-electron chi connectivity index (χ4n) is 2.09. The molecule has 0 amide bonds. The monoisotopic (exact) mass is 314 g/mol. The zero-order valence-electron chi connectivity index (χ0n) is 12.2. The summed E-state index contributed by atoms with van der Waals surface area (Å²) < 4.78 is 24.0. The Balaban J connectivity index is 1.65. The number of rotatable bonds is 6. The molecule has 0 aliphatic carbocycles. The van der Waals surface area contributed by atoms with Crippen LogP contribution in [0.1, 0.15) is 11.3 Å². The Bertz CT molecular complexity index is 772. The van der Waals surface area contributed by atoms with Gasteiger partial charge in [0, 0.05) is 12.1 Å². The molecule has 0 saturated carbocycles. The molecule has 1 aromatic heterocycles. The first-order valence-electron chi connectivity index (χ1n) is 7.03. The van der Waals surface area contributed by atoms with Crippen molar-refractivity contribution in [3.63, 3.8) is 0 Å². The first-order chi connectivity index (χ1) is 11.2. The summed E-state index contributed by atoms with van der Waals surface area (Å²) in [6.45, 7) is 0.594. The fraction of sp³-hybridized carbons (Fsp3) is 0.118. The summed E-state index contributed by atoms with van der Waals surface area (Å²) in [5, 5.41) is 8.71. The van der Waals surface area contributed by atoms with Crippen LogP contribution >= 0.6 is 0 Å². The van der Waals surface area contributed by atoms with E-state index in [1.165, 1.54) is 18.4 Å². The lowest BCUT2D eigenvalue weighted by atomic mass is 10.2. The van der Waals surface area contributed by atoms with Crippen molar-refractivity contribution < 1.29 is 18.8 Å². The van der Waals surface area contributed by atoms with Crippen LogP contribution in [0, 0.1) is 5.82 Å². The number of aromatic nitrogens is 1. The highest BCUT2D eigenvalue weighted by Crippen LogP contribution is 2.20. The number of hydrogen-bond acceptors (Lipinski definition) is 5. The predicted octanol–water partition coefficient (Wildman–Crippen LogP) is 3.54. The zero-order valence-corrected chi connectivity index (χ0v) is 12.2. The summed E-state index contributed by atoms with van der Waals surface area (Å²) >= 11 is 0. The van der Waals surface area contributed by atoms with Gasteiger partial charge in [0.15, 0.2) is 0 Å². The number of hydrogen-bond donors (Lipinski definition) is 2. The molecule has 2 N–H and O–H groups in total. The van der Waals surface area contributed by atoms with Gasteiger partial charge < -0.3 is 14.4 Å². The van der Waals surface area contributed by atoms with Crippen molar-refractivity contribution in [3.8, 4) is 17.2 Å². The van der Waals surface area contributed by atoms with Gasteiger partial charge >= 0.3 is 0 Å². The van der Waals surface area contributed by atoms with Crippen molar-refractivity contribution in [1.82, 2.24) is 10.5 Å². The number of benzene rings is 2. The number of nitrogens with one attached hydrogen (secondary N) is 1. The minimum atomic E-state index is -0.305. The Morgan fingerprint density at radius 1 is 1.17 bits per heavy atom. The van der Waals surface area contributed by atoms with E-state index < -0.39 is 0 Å².